The molecule has 2 heterocycles. The van der Waals surface area contributed by atoms with E-state index in [0.29, 0.717) is 20.6 Å². The van der Waals surface area contributed by atoms with Crippen molar-refractivity contribution in [1.82, 2.24) is 4.98 Å². The Balaban J connectivity index is 1.74. The van der Waals surface area contributed by atoms with Crippen LogP contribution in [0.1, 0.15) is 11.4 Å². The molecule has 0 fully saturated rings. The van der Waals surface area contributed by atoms with Crippen molar-refractivity contribution in [2.45, 2.75) is 23.1 Å². The summed E-state index contributed by atoms with van der Waals surface area (Å²) in [5, 5.41) is 10.0. The highest BCUT2D eigenvalue weighted by Crippen LogP contribution is 2.43. The highest BCUT2D eigenvalue weighted by molar-refractivity contribution is 9.10. The zero-order valence-corrected chi connectivity index (χ0v) is 18.7. The molecular weight excluding hydrogens is 507 g/mol. The Bertz CT molecular complexity index is 1120. The van der Waals surface area contributed by atoms with E-state index in [4.69, 9.17) is 23.2 Å². The van der Waals surface area contributed by atoms with Crippen LogP contribution in [0, 0.1) is 0 Å². The largest absolute Gasteiger partial charge is 0.481 e. The Kier molecular flexibility index (Phi) is 5.59. The lowest BCUT2D eigenvalue weighted by atomic mass is 10.2. The van der Waals surface area contributed by atoms with Crippen LogP contribution < -0.4 is 4.90 Å². The molecule has 1 aliphatic rings. The van der Waals surface area contributed by atoms with Crippen LogP contribution in [0.15, 0.2) is 39.7 Å². The van der Waals surface area contributed by atoms with E-state index in [2.05, 4.69) is 20.9 Å². The molecule has 0 radical (unpaired) electrons. The van der Waals surface area contributed by atoms with Gasteiger partial charge in [0, 0.05) is 9.37 Å². The fourth-order valence-electron chi connectivity index (χ4n) is 2.94. The van der Waals surface area contributed by atoms with Gasteiger partial charge in [0.05, 0.1) is 38.6 Å². The van der Waals surface area contributed by atoms with E-state index >= 15 is 0 Å². The molecule has 0 aliphatic carbocycles. The summed E-state index contributed by atoms with van der Waals surface area (Å²) in [5.41, 5.74) is 1.34. The molecule has 144 valence electrons. The molecule has 28 heavy (non-hydrogen) atoms. The number of thiazole rings is 1. The second-order valence-electron chi connectivity index (χ2n) is 6.06. The Labute approximate surface area is 186 Å². The van der Waals surface area contributed by atoms with Crippen LogP contribution in [0.3, 0.4) is 0 Å². The topological polar surface area (TPSA) is 70.5 Å². The van der Waals surface area contributed by atoms with Crippen LogP contribution in [0.4, 0.5) is 5.69 Å². The number of nitrogens with zero attached hydrogens (tertiary/aromatic N) is 2. The summed E-state index contributed by atoms with van der Waals surface area (Å²) in [6, 6.07) is 9.15. The summed E-state index contributed by atoms with van der Waals surface area (Å²) in [6.45, 7) is 0.234. The fourth-order valence-corrected chi connectivity index (χ4v) is 6.09. The average molecular weight is 518 g/mol. The second kappa shape index (κ2) is 7.84. The van der Waals surface area contributed by atoms with E-state index in [1.165, 1.54) is 23.1 Å². The summed E-state index contributed by atoms with van der Waals surface area (Å²) in [6.07, 6.45) is -0.243. The van der Waals surface area contributed by atoms with Gasteiger partial charge in [-0.25, -0.2) is 4.98 Å². The molecule has 1 N–H and O–H groups in total. The number of carboxylic acids is 1. The van der Waals surface area contributed by atoms with Crippen LogP contribution in [0.2, 0.25) is 10.0 Å². The maximum Gasteiger partial charge on any atom is 0.305 e. The first kappa shape index (κ1) is 20.0. The van der Waals surface area contributed by atoms with E-state index in [1.807, 2.05) is 24.3 Å². The van der Waals surface area contributed by atoms with Crippen molar-refractivity contribution < 1.29 is 14.7 Å². The molecule has 1 unspecified atom stereocenters. The zero-order chi connectivity index (χ0) is 20.0. The average Bonchev–Trinajstić information content (AvgIpc) is 3.05. The molecule has 1 aliphatic heterocycles. The van der Waals surface area contributed by atoms with Crippen molar-refractivity contribution in [3.8, 4) is 0 Å². The molecule has 4 rings (SSSR count). The minimum Gasteiger partial charge on any atom is -0.481 e. The quantitative estimate of drug-likeness (QED) is 0.470. The lowest BCUT2D eigenvalue weighted by Crippen LogP contribution is -2.41. The summed E-state index contributed by atoms with van der Waals surface area (Å²) in [7, 11) is 0. The van der Waals surface area contributed by atoms with Crippen LogP contribution in [-0.4, -0.2) is 27.2 Å². The number of fused-ring (bicyclic) bond motifs is 2. The summed E-state index contributed by atoms with van der Waals surface area (Å²) >= 11 is 18.4. The molecule has 0 saturated carbocycles. The highest BCUT2D eigenvalue weighted by atomic mass is 79.9. The van der Waals surface area contributed by atoms with Crippen molar-refractivity contribution >= 4 is 90.0 Å². The number of benzene rings is 2. The number of carbonyl (C=O) groups excluding carboxylic acids is 1. The number of halogens is 3. The van der Waals surface area contributed by atoms with Gasteiger partial charge in [-0.1, -0.05) is 39.1 Å². The third kappa shape index (κ3) is 3.76. The van der Waals surface area contributed by atoms with E-state index < -0.39 is 11.2 Å². The van der Waals surface area contributed by atoms with E-state index in [-0.39, 0.29) is 18.9 Å². The molecule has 1 amide bonds. The number of aromatic nitrogens is 1. The van der Waals surface area contributed by atoms with Gasteiger partial charge in [-0.15, -0.1) is 23.1 Å². The van der Waals surface area contributed by atoms with Gasteiger partial charge in [0.1, 0.15) is 10.5 Å². The number of carbonyl (C=O) groups is 2. The number of aliphatic carboxylic acids is 1. The zero-order valence-electron chi connectivity index (χ0n) is 14.0. The maximum atomic E-state index is 13.0. The van der Waals surface area contributed by atoms with Gasteiger partial charge < -0.3 is 10.0 Å². The van der Waals surface area contributed by atoms with Gasteiger partial charge in [0.15, 0.2) is 0 Å². The highest BCUT2D eigenvalue weighted by Gasteiger charge is 2.35. The molecule has 10 heteroatoms. The molecule has 1 atom stereocenters. The van der Waals surface area contributed by atoms with Crippen LogP contribution in [-0.2, 0) is 16.1 Å². The monoisotopic (exact) mass is 516 g/mol. The third-order valence-corrected chi connectivity index (χ3v) is 7.70. The Morgan fingerprint density at radius 2 is 2.07 bits per heavy atom. The minimum absolute atomic E-state index is 0.234. The standard InChI is InChI=1S/C18H11BrCl2N2O3S2/c19-8-1-3-10-12(5-8)27-13(6-15(24)25)18(26)23(10)7-14-22-17-11(28-14)4-2-9(20)16(17)21/h1-5,13H,6-7H2,(H,24,25). The first-order chi connectivity index (χ1) is 13.3. The van der Waals surface area contributed by atoms with Gasteiger partial charge in [0.25, 0.3) is 0 Å². The second-order valence-corrected chi connectivity index (χ2v) is 10.1. The minimum atomic E-state index is -1.01. The number of rotatable bonds is 4. The Morgan fingerprint density at radius 3 is 2.82 bits per heavy atom. The van der Waals surface area contributed by atoms with E-state index in [0.717, 1.165) is 19.8 Å². The van der Waals surface area contributed by atoms with E-state index in [9.17, 15) is 14.7 Å². The van der Waals surface area contributed by atoms with Gasteiger partial charge in [0.2, 0.25) is 5.91 Å². The number of carboxylic acid groups (broad SMARTS) is 1. The molecule has 0 saturated heterocycles. The van der Waals surface area contributed by atoms with Gasteiger partial charge in [-0.3, -0.25) is 9.59 Å². The maximum absolute atomic E-state index is 13.0. The number of amides is 1. The Morgan fingerprint density at radius 1 is 1.29 bits per heavy atom. The number of anilines is 1. The summed E-state index contributed by atoms with van der Waals surface area (Å²) in [5.74, 6) is -1.25. The van der Waals surface area contributed by atoms with Gasteiger partial charge in [-0.05, 0) is 30.3 Å². The SMILES string of the molecule is O=C(O)CC1Sc2cc(Br)ccc2N(Cc2nc3c(Cl)c(Cl)ccc3s2)C1=O. The first-order valence-corrected chi connectivity index (χ1v) is 11.3. The lowest BCUT2D eigenvalue weighted by Gasteiger charge is -2.32. The lowest BCUT2D eigenvalue weighted by molar-refractivity contribution is -0.138. The Hall–Kier alpha value is -1.32. The van der Waals surface area contributed by atoms with Crippen molar-refractivity contribution in [1.29, 1.82) is 0 Å². The molecular formula is C18H11BrCl2N2O3S2. The van der Waals surface area contributed by atoms with Crippen molar-refractivity contribution in [3.63, 3.8) is 0 Å². The van der Waals surface area contributed by atoms with Gasteiger partial charge >= 0.3 is 5.97 Å². The molecule has 0 bridgehead atoms. The molecule has 5 nitrogen and oxygen atoms in total. The normalized spacial score (nSPS) is 16.5. The molecule has 0 spiro atoms. The number of hydrogen-bond acceptors (Lipinski definition) is 5. The summed E-state index contributed by atoms with van der Waals surface area (Å²) < 4.78 is 1.74. The third-order valence-electron chi connectivity index (χ3n) is 4.17. The molecule has 1 aromatic heterocycles. The van der Waals surface area contributed by atoms with Crippen molar-refractivity contribution in [3.05, 3.63) is 49.9 Å². The van der Waals surface area contributed by atoms with Crippen LogP contribution in [0.25, 0.3) is 10.2 Å². The predicted molar refractivity (Wildman–Crippen MR) is 117 cm³/mol. The van der Waals surface area contributed by atoms with Crippen molar-refractivity contribution in [2.24, 2.45) is 0 Å². The van der Waals surface area contributed by atoms with Gasteiger partial charge in [-0.2, -0.15) is 0 Å². The van der Waals surface area contributed by atoms with E-state index in [1.54, 1.807) is 11.0 Å². The van der Waals surface area contributed by atoms with Crippen LogP contribution >= 0.6 is 62.2 Å². The number of thioether (sulfide) groups is 1. The number of hydrogen-bond donors (Lipinski definition) is 1. The molecule has 3 aromatic rings. The van der Waals surface area contributed by atoms with Crippen molar-refractivity contribution in [2.75, 3.05) is 4.90 Å². The molecule has 2 aromatic carbocycles. The fraction of sp³-hybridized carbons (Fsp3) is 0.167. The summed E-state index contributed by atoms with van der Waals surface area (Å²) in [4.78, 5) is 31.2. The smallest absolute Gasteiger partial charge is 0.305 e. The van der Waals surface area contributed by atoms with Crippen LogP contribution in [0.5, 0.6) is 0 Å². The first-order valence-electron chi connectivity index (χ1n) is 8.06. The predicted octanol–water partition coefficient (Wildman–Crippen LogP) is 5.85.